The minimum atomic E-state index is -0.511. The average Bonchev–Trinajstić information content (AvgIpc) is 2.82. The second-order valence-corrected chi connectivity index (χ2v) is 6.35. The number of Topliss-reactive ketones (excluding diaryl/α,β-unsaturated/α-hetero) is 1. The van der Waals surface area contributed by atoms with Crippen LogP contribution in [0.4, 0.5) is 0 Å². The van der Waals surface area contributed by atoms with E-state index >= 15 is 0 Å². The maximum atomic E-state index is 11.7. The van der Waals surface area contributed by atoms with Crippen molar-refractivity contribution in [2.45, 2.75) is 57.8 Å². The molecular weight excluding hydrogens is 274 g/mol. The van der Waals surface area contributed by atoms with Crippen LogP contribution >= 0.6 is 11.3 Å². The number of hydrogen-bond acceptors (Lipinski definition) is 5. The molecule has 4 nitrogen and oxygen atoms in total. The van der Waals surface area contributed by atoms with E-state index in [0.29, 0.717) is 10.8 Å². The molecule has 0 unspecified atom stereocenters. The van der Waals surface area contributed by atoms with Gasteiger partial charge in [0, 0.05) is 12.8 Å². The predicted molar refractivity (Wildman–Crippen MR) is 78.5 cm³/mol. The van der Waals surface area contributed by atoms with Crippen molar-refractivity contribution in [2.75, 3.05) is 7.11 Å². The molecule has 0 aromatic carbocycles. The zero-order valence-corrected chi connectivity index (χ0v) is 12.9. The summed E-state index contributed by atoms with van der Waals surface area (Å²) in [6.45, 7) is 1.47. The maximum absolute atomic E-state index is 11.7. The number of ether oxygens (including phenoxy) is 1. The van der Waals surface area contributed by atoms with Crippen molar-refractivity contribution < 1.29 is 14.3 Å². The molecular formula is C15H21NO3S. The van der Waals surface area contributed by atoms with Gasteiger partial charge in [-0.2, -0.15) is 0 Å². The molecule has 5 heteroatoms. The normalized spacial score (nSPS) is 17.3. The third kappa shape index (κ3) is 3.45. The van der Waals surface area contributed by atoms with E-state index < -0.39 is 5.97 Å². The molecule has 1 heterocycles. The van der Waals surface area contributed by atoms with Crippen LogP contribution in [0.2, 0.25) is 0 Å². The number of hydrogen-bond donors (Lipinski definition) is 0. The molecule has 0 atom stereocenters. The Bertz CT molecular complexity index is 487. The highest BCUT2D eigenvalue weighted by Gasteiger charge is 2.25. The minimum absolute atomic E-state index is 0.111. The van der Waals surface area contributed by atoms with Gasteiger partial charge >= 0.3 is 5.97 Å². The molecule has 1 aromatic rings. The second-order valence-electron chi connectivity index (χ2n) is 5.32. The van der Waals surface area contributed by atoms with Gasteiger partial charge in [0.15, 0.2) is 11.5 Å². The highest BCUT2D eigenvalue weighted by atomic mass is 32.1. The minimum Gasteiger partial charge on any atom is -0.464 e. The lowest BCUT2D eigenvalue weighted by atomic mass is 9.92. The van der Waals surface area contributed by atoms with E-state index in [0.717, 1.165) is 17.8 Å². The molecule has 1 aliphatic carbocycles. The Morgan fingerprint density at radius 2 is 1.75 bits per heavy atom. The van der Waals surface area contributed by atoms with Crippen molar-refractivity contribution in [1.82, 2.24) is 4.98 Å². The van der Waals surface area contributed by atoms with E-state index in [2.05, 4.69) is 4.98 Å². The fourth-order valence-electron chi connectivity index (χ4n) is 2.69. The van der Waals surface area contributed by atoms with E-state index in [-0.39, 0.29) is 11.5 Å². The number of thiazole rings is 1. The predicted octanol–water partition coefficient (Wildman–Crippen LogP) is 3.96. The lowest BCUT2D eigenvalue weighted by Crippen LogP contribution is -2.08. The van der Waals surface area contributed by atoms with Gasteiger partial charge < -0.3 is 4.74 Å². The standard InChI is InChI=1S/C15H21NO3S/c1-10(17)13-12(15(18)19-2)16-14(20-13)11-8-6-4-3-5-7-9-11/h11H,3-9H2,1-2H3. The Hall–Kier alpha value is -1.23. The lowest BCUT2D eigenvalue weighted by Gasteiger charge is -2.17. The molecule has 0 spiro atoms. The number of aromatic nitrogens is 1. The first-order valence-corrected chi connectivity index (χ1v) is 8.05. The van der Waals surface area contributed by atoms with Gasteiger partial charge in [-0.1, -0.05) is 32.1 Å². The average molecular weight is 295 g/mol. The summed E-state index contributed by atoms with van der Waals surface area (Å²) >= 11 is 1.37. The van der Waals surface area contributed by atoms with Crippen LogP contribution in [0, 0.1) is 0 Å². The molecule has 1 aromatic heterocycles. The van der Waals surface area contributed by atoms with Crippen LogP contribution < -0.4 is 0 Å². The van der Waals surface area contributed by atoms with E-state index in [1.54, 1.807) is 0 Å². The molecule has 0 saturated heterocycles. The number of esters is 1. The van der Waals surface area contributed by atoms with Crippen LogP contribution in [0.3, 0.4) is 0 Å². The van der Waals surface area contributed by atoms with Crippen LogP contribution in [0.25, 0.3) is 0 Å². The third-order valence-corrected chi connectivity index (χ3v) is 5.12. The van der Waals surface area contributed by atoms with Crippen molar-refractivity contribution >= 4 is 23.1 Å². The molecule has 2 rings (SSSR count). The first-order chi connectivity index (χ1) is 9.63. The zero-order valence-electron chi connectivity index (χ0n) is 12.1. The first-order valence-electron chi connectivity index (χ1n) is 7.23. The molecule has 0 bridgehead atoms. The molecule has 0 N–H and O–H groups in total. The summed E-state index contributed by atoms with van der Waals surface area (Å²) in [5, 5.41) is 0.928. The van der Waals surface area contributed by atoms with E-state index in [9.17, 15) is 9.59 Å². The van der Waals surface area contributed by atoms with Crippen LogP contribution in [-0.4, -0.2) is 23.8 Å². The first kappa shape index (κ1) is 15.2. The highest BCUT2D eigenvalue weighted by molar-refractivity contribution is 7.14. The second kappa shape index (κ2) is 6.97. The Labute approximate surface area is 123 Å². The maximum Gasteiger partial charge on any atom is 0.358 e. The fraction of sp³-hybridized carbons (Fsp3) is 0.667. The number of ketones is 1. The Morgan fingerprint density at radius 1 is 1.15 bits per heavy atom. The molecule has 1 saturated carbocycles. The van der Waals surface area contributed by atoms with Gasteiger partial charge in [0.25, 0.3) is 0 Å². The van der Waals surface area contributed by atoms with Gasteiger partial charge in [-0.25, -0.2) is 9.78 Å². The Morgan fingerprint density at radius 3 is 2.30 bits per heavy atom. The zero-order chi connectivity index (χ0) is 14.5. The van der Waals surface area contributed by atoms with Crippen molar-refractivity contribution in [1.29, 1.82) is 0 Å². The topological polar surface area (TPSA) is 56.3 Å². The molecule has 0 aliphatic heterocycles. The summed E-state index contributed by atoms with van der Waals surface area (Å²) in [7, 11) is 1.32. The molecule has 1 aliphatic rings. The van der Waals surface area contributed by atoms with Crippen molar-refractivity contribution in [3.8, 4) is 0 Å². The van der Waals surface area contributed by atoms with Gasteiger partial charge in [-0.3, -0.25) is 4.79 Å². The van der Waals surface area contributed by atoms with Crippen molar-refractivity contribution in [3.63, 3.8) is 0 Å². The smallest absolute Gasteiger partial charge is 0.358 e. The van der Waals surface area contributed by atoms with Crippen LogP contribution in [0.5, 0.6) is 0 Å². The van der Waals surface area contributed by atoms with Crippen molar-refractivity contribution in [2.24, 2.45) is 0 Å². The highest BCUT2D eigenvalue weighted by Crippen LogP contribution is 2.34. The summed E-state index contributed by atoms with van der Waals surface area (Å²) in [6, 6.07) is 0. The van der Waals surface area contributed by atoms with Gasteiger partial charge in [0.1, 0.15) is 4.88 Å². The molecule has 20 heavy (non-hydrogen) atoms. The van der Waals surface area contributed by atoms with Crippen LogP contribution in [-0.2, 0) is 4.74 Å². The largest absolute Gasteiger partial charge is 0.464 e. The SMILES string of the molecule is COC(=O)c1nc(C2CCCCCCC2)sc1C(C)=O. The summed E-state index contributed by atoms with van der Waals surface area (Å²) in [6.07, 6.45) is 8.46. The molecule has 0 amide bonds. The number of rotatable bonds is 3. The molecule has 110 valence electrons. The third-order valence-electron chi connectivity index (χ3n) is 3.80. The monoisotopic (exact) mass is 295 g/mol. The quantitative estimate of drug-likeness (QED) is 0.625. The van der Waals surface area contributed by atoms with Gasteiger partial charge in [-0.15, -0.1) is 11.3 Å². The van der Waals surface area contributed by atoms with Gasteiger partial charge in [0.05, 0.1) is 12.1 Å². The number of methoxy groups -OCH3 is 1. The lowest BCUT2D eigenvalue weighted by molar-refractivity contribution is 0.0591. The van der Waals surface area contributed by atoms with Gasteiger partial charge in [-0.05, 0) is 12.8 Å². The van der Waals surface area contributed by atoms with Crippen LogP contribution in [0.15, 0.2) is 0 Å². The Balaban J connectivity index is 2.26. The van der Waals surface area contributed by atoms with Crippen molar-refractivity contribution in [3.05, 3.63) is 15.6 Å². The number of carbonyl (C=O) groups is 2. The Kier molecular flexibility index (Phi) is 5.29. The summed E-state index contributed by atoms with van der Waals surface area (Å²) in [4.78, 5) is 28.3. The van der Waals surface area contributed by atoms with Gasteiger partial charge in [0.2, 0.25) is 0 Å². The number of nitrogens with zero attached hydrogens (tertiary/aromatic N) is 1. The summed E-state index contributed by atoms with van der Waals surface area (Å²) < 4.78 is 4.73. The van der Waals surface area contributed by atoms with E-state index in [4.69, 9.17) is 4.74 Å². The summed E-state index contributed by atoms with van der Waals surface area (Å²) in [5.74, 6) is -0.236. The fourth-order valence-corrected chi connectivity index (χ4v) is 3.81. The van der Waals surface area contributed by atoms with E-state index in [1.165, 1.54) is 57.5 Å². The summed E-state index contributed by atoms with van der Waals surface area (Å²) in [5.41, 5.74) is 0.196. The van der Waals surface area contributed by atoms with E-state index in [1.807, 2.05) is 0 Å². The molecule has 0 radical (unpaired) electrons. The molecule has 1 fully saturated rings. The van der Waals surface area contributed by atoms with Crippen LogP contribution in [0.1, 0.15) is 83.0 Å². The number of carbonyl (C=O) groups excluding carboxylic acids is 2.